The fourth-order valence-corrected chi connectivity index (χ4v) is 2.02. The van der Waals surface area contributed by atoms with E-state index in [1.54, 1.807) is 7.11 Å². The van der Waals surface area contributed by atoms with Gasteiger partial charge in [-0.3, -0.25) is 0 Å². The van der Waals surface area contributed by atoms with Crippen molar-refractivity contribution in [2.75, 3.05) is 14.2 Å². The highest BCUT2D eigenvalue weighted by Gasteiger charge is 2.17. The lowest BCUT2D eigenvalue weighted by molar-refractivity contribution is -0.111. The summed E-state index contributed by atoms with van der Waals surface area (Å²) in [6, 6.07) is 1.82. The molecule has 1 aliphatic carbocycles. The molecule has 0 N–H and O–H groups in total. The minimum absolute atomic E-state index is 0.141. The van der Waals surface area contributed by atoms with Gasteiger partial charge in [-0.05, 0) is 24.8 Å². The van der Waals surface area contributed by atoms with Crippen LogP contribution in [0.2, 0.25) is 0 Å². The summed E-state index contributed by atoms with van der Waals surface area (Å²) >= 11 is 0. The number of methoxy groups -OCH3 is 2. The van der Waals surface area contributed by atoms with E-state index in [2.05, 4.69) is 16.3 Å². The third-order valence-corrected chi connectivity index (χ3v) is 3.11. The minimum atomic E-state index is 0.141. The molecule has 1 aromatic rings. The predicted octanol–water partition coefficient (Wildman–Crippen LogP) is 1.88. The zero-order valence-corrected chi connectivity index (χ0v) is 10.5. The van der Waals surface area contributed by atoms with Crippen LogP contribution >= 0.6 is 0 Å². The number of rotatable bonds is 4. The standard InChI is InChI=1S/C13H16N2O3/c1-17-12-7-11(14-15-13(12)18-2)10-5-3-9(8-16)4-6-10/h5,7-9H,3-4,6H2,1-2H3. The van der Waals surface area contributed by atoms with Crippen molar-refractivity contribution in [1.82, 2.24) is 10.2 Å². The van der Waals surface area contributed by atoms with Crippen molar-refractivity contribution in [3.05, 3.63) is 17.8 Å². The number of carbonyl (C=O) groups is 1. The predicted molar refractivity (Wildman–Crippen MR) is 66.5 cm³/mol. The third kappa shape index (κ3) is 2.50. The van der Waals surface area contributed by atoms with Crippen LogP contribution in [-0.2, 0) is 4.79 Å². The van der Waals surface area contributed by atoms with Crippen LogP contribution in [0.4, 0.5) is 0 Å². The zero-order chi connectivity index (χ0) is 13.0. The van der Waals surface area contributed by atoms with Crippen LogP contribution in [0.5, 0.6) is 11.6 Å². The Bertz CT molecular complexity index is 471. The van der Waals surface area contributed by atoms with E-state index in [9.17, 15) is 4.79 Å². The molecular weight excluding hydrogens is 232 g/mol. The van der Waals surface area contributed by atoms with Gasteiger partial charge in [-0.25, -0.2) is 0 Å². The Morgan fingerprint density at radius 1 is 1.33 bits per heavy atom. The first-order chi connectivity index (χ1) is 8.78. The molecule has 0 saturated heterocycles. The van der Waals surface area contributed by atoms with E-state index in [4.69, 9.17) is 9.47 Å². The molecule has 0 aromatic carbocycles. The van der Waals surface area contributed by atoms with E-state index in [-0.39, 0.29) is 5.92 Å². The van der Waals surface area contributed by atoms with Crippen LogP contribution in [0.15, 0.2) is 12.1 Å². The molecule has 1 aromatic heterocycles. The Kier molecular flexibility index (Phi) is 3.92. The normalized spacial score (nSPS) is 19.0. The molecule has 1 aliphatic rings. The average molecular weight is 248 g/mol. The lowest BCUT2D eigenvalue weighted by atomic mass is 9.89. The maximum atomic E-state index is 10.7. The molecule has 0 saturated carbocycles. The number of nitrogens with zero attached hydrogens (tertiary/aromatic N) is 2. The van der Waals surface area contributed by atoms with E-state index in [0.717, 1.165) is 36.8 Å². The van der Waals surface area contributed by atoms with Gasteiger partial charge in [0.05, 0.1) is 19.9 Å². The first-order valence-electron chi connectivity index (χ1n) is 5.89. The minimum Gasteiger partial charge on any atom is -0.491 e. The molecular formula is C13H16N2O3. The number of allylic oxidation sites excluding steroid dienone is 2. The molecule has 5 heteroatoms. The molecule has 18 heavy (non-hydrogen) atoms. The summed E-state index contributed by atoms with van der Waals surface area (Å²) in [5.41, 5.74) is 1.90. The summed E-state index contributed by atoms with van der Waals surface area (Å²) in [5.74, 6) is 1.09. The van der Waals surface area contributed by atoms with Crippen LogP contribution in [0.25, 0.3) is 5.57 Å². The van der Waals surface area contributed by atoms with Crippen LogP contribution in [0, 0.1) is 5.92 Å². The van der Waals surface area contributed by atoms with Gasteiger partial charge in [0, 0.05) is 12.0 Å². The molecule has 96 valence electrons. The summed E-state index contributed by atoms with van der Waals surface area (Å²) in [4.78, 5) is 10.7. The average Bonchev–Trinajstić information content (AvgIpc) is 2.46. The van der Waals surface area contributed by atoms with Gasteiger partial charge >= 0.3 is 0 Å². The largest absolute Gasteiger partial charge is 0.491 e. The maximum absolute atomic E-state index is 10.7. The van der Waals surface area contributed by atoms with E-state index in [1.165, 1.54) is 7.11 Å². The number of hydrogen-bond acceptors (Lipinski definition) is 5. The second-order valence-corrected chi connectivity index (χ2v) is 4.21. The Hall–Kier alpha value is -1.91. The number of aromatic nitrogens is 2. The summed E-state index contributed by atoms with van der Waals surface area (Å²) in [7, 11) is 3.10. The molecule has 1 unspecified atom stereocenters. The van der Waals surface area contributed by atoms with Gasteiger partial charge in [0.1, 0.15) is 6.29 Å². The fourth-order valence-electron chi connectivity index (χ4n) is 2.02. The second kappa shape index (κ2) is 5.62. The molecule has 5 nitrogen and oxygen atoms in total. The van der Waals surface area contributed by atoms with Gasteiger partial charge in [-0.2, -0.15) is 0 Å². The first-order valence-corrected chi connectivity index (χ1v) is 5.89. The maximum Gasteiger partial charge on any atom is 0.276 e. The van der Waals surface area contributed by atoms with Crippen molar-refractivity contribution in [2.24, 2.45) is 5.92 Å². The van der Waals surface area contributed by atoms with Crippen molar-refractivity contribution >= 4 is 11.9 Å². The zero-order valence-electron chi connectivity index (χ0n) is 10.5. The fraction of sp³-hybridized carbons (Fsp3) is 0.462. The van der Waals surface area contributed by atoms with Crippen molar-refractivity contribution in [3.8, 4) is 11.6 Å². The van der Waals surface area contributed by atoms with Crippen molar-refractivity contribution < 1.29 is 14.3 Å². The summed E-state index contributed by atoms with van der Waals surface area (Å²) < 4.78 is 10.2. The molecule has 1 atom stereocenters. The van der Waals surface area contributed by atoms with Crippen molar-refractivity contribution in [3.63, 3.8) is 0 Å². The summed E-state index contributed by atoms with van der Waals surface area (Å²) in [6.45, 7) is 0. The van der Waals surface area contributed by atoms with Crippen LogP contribution < -0.4 is 9.47 Å². The van der Waals surface area contributed by atoms with Crippen LogP contribution in [0.1, 0.15) is 25.0 Å². The van der Waals surface area contributed by atoms with E-state index >= 15 is 0 Å². The molecule has 0 bridgehead atoms. The van der Waals surface area contributed by atoms with Crippen molar-refractivity contribution in [2.45, 2.75) is 19.3 Å². The quantitative estimate of drug-likeness (QED) is 0.761. The highest BCUT2D eigenvalue weighted by molar-refractivity contribution is 5.67. The van der Waals surface area contributed by atoms with Gasteiger partial charge in [-0.15, -0.1) is 10.2 Å². The number of ether oxygens (including phenoxy) is 2. The lowest BCUT2D eigenvalue weighted by Gasteiger charge is -2.17. The van der Waals surface area contributed by atoms with Gasteiger partial charge in [0.25, 0.3) is 5.88 Å². The van der Waals surface area contributed by atoms with E-state index in [1.807, 2.05) is 6.07 Å². The molecule has 0 amide bonds. The number of carbonyl (C=O) groups excluding carboxylic acids is 1. The lowest BCUT2D eigenvalue weighted by Crippen LogP contribution is -2.07. The Morgan fingerprint density at radius 2 is 2.17 bits per heavy atom. The highest BCUT2D eigenvalue weighted by Crippen LogP contribution is 2.31. The molecule has 1 heterocycles. The Morgan fingerprint density at radius 3 is 2.72 bits per heavy atom. The van der Waals surface area contributed by atoms with Gasteiger partial charge in [-0.1, -0.05) is 6.08 Å². The smallest absolute Gasteiger partial charge is 0.276 e. The third-order valence-electron chi connectivity index (χ3n) is 3.11. The van der Waals surface area contributed by atoms with E-state index < -0.39 is 0 Å². The van der Waals surface area contributed by atoms with Crippen LogP contribution in [-0.4, -0.2) is 30.7 Å². The summed E-state index contributed by atoms with van der Waals surface area (Å²) in [5, 5.41) is 8.10. The molecule has 2 rings (SSSR count). The van der Waals surface area contributed by atoms with Crippen LogP contribution in [0.3, 0.4) is 0 Å². The van der Waals surface area contributed by atoms with E-state index in [0.29, 0.717) is 11.6 Å². The number of aldehydes is 1. The molecule has 0 fully saturated rings. The molecule has 0 aliphatic heterocycles. The molecule has 0 spiro atoms. The molecule has 0 radical (unpaired) electrons. The monoisotopic (exact) mass is 248 g/mol. The SMILES string of the molecule is COc1cc(C2=CCC(C=O)CC2)nnc1OC. The second-order valence-electron chi connectivity index (χ2n) is 4.21. The van der Waals surface area contributed by atoms with Gasteiger partial charge < -0.3 is 14.3 Å². The Labute approximate surface area is 106 Å². The highest BCUT2D eigenvalue weighted by atomic mass is 16.5. The first kappa shape index (κ1) is 12.5. The Balaban J connectivity index is 2.24. The summed E-state index contributed by atoms with van der Waals surface area (Å²) in [6.07, 6.45) is 5.56. The van der Waals surface area contributed by atoms with Gasteiger partial charge in [0.2, 0.25) is 0 Å². The van der Waals surface area contributed by atoms with Gasteiger partial charge in [0.15, 0.2) is 5.75 Å². The number of hydrogen-bond donors (Lipinski definition) is 0. The topological polar surface area (TPSA) is 61.3 Å². The van der Waals surface area contributed by atoms with Crippen molar-refractivity contribution in [1.29, 1.82) is 0 Å².